The Hall–Kier alpha value is -5.40. The summed E-state index contributed by atoms with van der Waals surface area (Å²) in [7, 11) is -0.853. The van der Waals surface area contributed by atoms with Crippen LogP contribution in [0, 0.1) is 17.6 Å². The highest BCUT2D eigenvalue weighted by atomic mass is 32.2. The highest BCUT2D eigenvalue weighted by Crippen LogP contribution is 2.41. The van der Waals surface area contributed by atoms with E-state index in [9.17, 15) is 17.6 Å². The number of fused-ring (bicyclic) bond motifs is 6. The second-order valence-electron chi connectivity index (χ2n) is 13.2. The average Bonchev–Trinajstić information content (AvgIpc) is 3.82. The van der Waals surface area contributed by atoms with Crippen molar-refractivity contribution in [1.29, 1.82) is 0 Å². The van der Waals surface area contributed by atoms with Gasteiger partial charge >= 0.3 is 0 Å². The van der Waals surface area contributed by atoms with Gasteiger partial charge in [-0.1, -0.05) is 13.0 Å². The number of carbonyl (C=O) groups is 1. The van der Waals surface area contributed by atoms with Crippen molar-refractivity contribution < 1.29 is 26.4 Å². The van der Waals surface area contributed by atoms with E-state index in [1.165, 1.54) is 44.4 Å². The predicted molar refractivity (Wildman–Crippen MR) is 194 cm³/mol. The monoisotopic (exact) mass is 708 g/mol. The first-order valence-electron chi connectivity index (χ1n) is 16.6. The van der Waals surface area contributed by atoms with Crippen molar-refractivity contribution in [2.45, 2.75) is 19.9 Å². The molecular formula is C38H34F2N6O4S. The summed E-state index contributed by atoms with van der Waals surface area (Å²) < 4.78 is 64.3. The molecule has 0 radical (unpaired) electrons. The van der Waals surface area contributed by atoms with Crippen LogP contribution < -0.4 is 9.62 Å². The minimum atomic E-state index is -3.78. The maximum absolute atomic E-state index is 15.2. The number of sulfonamides is 1. The van der Waals surface area contributed by atoms with E-state index < -0.39 is 21.7 Å². The molecule has 260 valence electrons. The van der Waals surface area contributed by atoms with Crippen LogP contribution in [0.25, 0.3) is 61.0 Å². The van der Waals surface area contributed by atoms with E-state index in [1.54, 1.807) is 30.3 Å². The van der Waals surface area contributed by atoms with E-state index in [0.29, 0.717) is 62.1 Å². The third-order valence-corrected chi connectivity index (χ3v) is 11.0. The Kier molecular flexibility index (Phi) is 7.80. The number of amides is 1. The number of aromatic nitrogens is 3. The summed E-state index contributed by atoms with van der Waals surface area (Å²) in [6.07, 6.45) is 2.19. The molecule has 10 nitrogen and oxygen atoms in total. The fourth-order valence-electron chi connectivity index (χ4n) is 7.12. The summed E-state index contributed by atoms with van der Waals surface area (Å²) >= 11 is 0. The van der Waals surface area contributed by atoms with Crippen LogP contribution in [0.4, 0.5) is 14.5 Å². The number of hydrogen-bond donors (Lipinski definition) is 1. The lowest BCUT2D eigenvalue weighted by molar-refractivity contribution is 0.0964. The third-order valence-electron chi connectivity index (χ3n) is 9.77. The van der Waals surface area contributed by atoms with Gasteiger partial charge in [0.25, 0.3) is 5.91 Å². The van der Waals surface area contributed by atoms with Crippen LogP contribution in [0.3, 0.4) is 0 Å². The Morgan fingerprint density at radius 2 is 1.80 bits per heavy atom. The highest BCUT2D eigenvalue weighted by molar-refractivity contribution is 7.92. The molecule has 1 saturated heterocycles. The van der Waals surface area contributed by atoms with Crippen LogP contribution in [0.15, 0.2) is 77.2 Å². The largest absolute Gasteiger partial charge is 0.455 e. The molecule has 4 aromatic heterocycles. The van der Waals surface area contributed by atoms with Gasteiger partial charge in [-0.2, -0.15) is 0 Å². The molecule has 0 spiro atoms. The molecule has 8 rings (SSSR count). The fraction of sp³-hybridized carbons (Fsp3) is 0.237. The zero-order valence-electron chi connectivity index (χ0n) is 28.4. The molecular weight excluding hydrogens is 675 g/mol. The minimum Gasteiger partial charge on any atom is -0.455 e. The molecule has 0 unspecified atom stereocenters. The predicted octanol–water partition coefficient (Wildman–Crippen LogP) is 6.99. The molecule has 1 N–H and O–H groups in total. The highest BCUT2D eigenvalue weighted by Gasteiger charge is 2.27. The Bertz CT molecular complexity index is 2650. The normalized spacial score (nSPS) is 15.5. The summed E-state index contributed by atoms with van der Waals surface area (Å²) in [5, 5.41) is 3.50. The van der Waals surface area contributed by atoms with Crippen molar-refractivity contribution in [2.24, 2.45) is 5.92 Å². The van der Waals surface area contributed by atoms with Gasteiger partial charge in [0.05, 0.1) is 46.3 Å². The number of hydrogen-bond acceptors (Lipinski definition) is 7. The number of anilines is 1. The van der Waals surface area contributed by atoms with E-state index >= 15 is 4.39 Å². The lowest BCUT2D eigenvalue weighted by Crippen LogP contribution is -2.25. The van der Waals surface area contributed by atoms with Crippen LogP contribution in [-0.4, -0.2) is 67.0 Å². The van der Waals surface area contributed by atoms with Crippen LogP contribution in [0.1, 0.15) is 29.5 Å². The fourth-order valence-corrected chi connectivity index (χ4v) is 7.63. The summed E-state index contributed by atoms with van der Waals surface area (Å²) in [5.41, 5.74) is 4.43. The molecule has 5 heterocycles. The number of nitrogens with one attached hydrogen (secondary N) is 1. The SMILES string of the molecule is CNC(=O)c1c(-c2ccc(F)cc2)oc2cc(N(C)S(C)(=O)=O)c(-c3ccc4nc(CN5CC[C@H](C)C5)n5c6cccc(F)c6cc5c4n3)cc12. The number of furan rings is 1. The van der Waals surface area contributed by atoms with Gasteiger partial charge in [0.2, 0.25) is 10.0 Å². The maximum Gasteiger partial charge on any atom is 0.255 e. The van der Waals surface area contributed by atoms with E-state index in [0.717, 1.165) is 35.9 Å². The van der Waals surface area contributed by atoms with Gasteiger partial charge in [0, 0.05) is 48.6 Å². The summed E-state index contributed by atoms with van der Waals surface area (Å²) in [6.45, 7) is 4.70. The molecule has 0 aliphatic carbocycles. The third kappa shape index (κ3) is 5.56. The Morgan fingerprint density at radius 3 is 2.51 bits per heavy atom. The molecule has 13 heteroatoms. The van der Waals surface area contributed by atoms with Gasteiger partial charge in [0.15, 0.2) is 0 Å². The van der Waals surface area contributed by atoms with Crippen molar-refractivity contribution in [3.8, 4) is 22.6 Å². The first-order chi connectivity index (χ1) is 24.4. The van der Waals surface area contributed by atoms with E-state index in [-0.39, 0.29) is 28.4 Å². The van der Waals surface area contributed by atoms with Crippen molar-refractivity contribution in [1.82, 2.24) is 24.6 Å². The van der Waals surface area contributed by atoms with Crippen LogP contribution in [-0.2, 0) is 16.6 Å². The van der Waals surface area contributed by atoms with E-state index in [4.69, 9.17) is 14.4 Å². The van der Waals surface area contributed by atoms with Crippen LogP contribution in [0.2, 0.25) is 0 Å². The lowest BCUT2D eigenvalue weighted by atomic mass is 10.0. The molecule has 1 aliphatic heterocycles. The number of nitrogens with zero attached hydrogens (tertiary/aromatic N) is 5. The van der Waals surface area contributed by atoms with Gasteiger partial charge in [-0.25, -0.2) is 27.2 Å². The zero-order valence-corrected chi connectivity index (χ0v) is 29.2. The number of benzene rings is 3. The number of rotatable bonds is 7. The molecule has 7 aromatic rings. The second kappa shape index (κ2) is 12.1. The van der Waals surface area contributed by atoms with E-state index in [2.05, 4.69) is 17.1 Å². The van der Waals surface area contributed by atoms with Crippen molar-refractivity contribution >= 4 is 60.0 Å². The van der Waals surface area contributed by atoms with Crippen LogP contribution in [0.5, 0.6) is 0 Å². The van der Waals surface area contributed by atoms with Crippen molar-refractivity contribution in [3.63, 3.8) is 0 Å². The Balaban J connectivity index is 1.39. The molecule has 0 saturated carbocycles. The maximum atomic E-state index is 15.2. The Labute approximate surface area is 292 Å². The van der Waals surface area contributed by atoms with Gasteiger partial charge in [-0.15, -0.1) is 0 Å². The van der Waals surface area contributed by atoms with Crippen molar-refractivity contribution in [2.75, 3.05) is 37.7 Å². The number of likely N-dealkylation sites (tertiary alicyclic amines) is 1. The molecule has 1 atom stereocenters. The second-order valence-corrected chi connectivity index (χ2v) is 15.3. The molecule has 51 heavy (non-hydrogen) atoms. The summed E-state index contributed by atoms with van der Waals surface area (Å²) in [6, 6.07) is 19.1. The lowest BCUT2D eigenvalue weighted by Gasteiger charge is -2.21. The van der Waals surface area contributed by atoms with E-state index in [1.807, 2.05) is 16.5 Å². The zero-order chi connectivity index (χ0) is 35.8. The van der Waals surface area contributed by atoms with Gasteiger partial charge < -0.3 is 9.73 Å². The van der Waals surface area contributed by atoms with Gasteiger partial charge in [0.1, 0.15) is 34.3 Å². The molecule has 3 aromatic carbocycles. The smallest absolute Gasteiger partial charge is 0.255 e. The standard InChI is InChI=1S/C38H34F2N6O4S/c1-21-14-15-45(19-21)20-34-42-29-13-12-28(43-36(29)32-17-24-27(40)6-5-7-30(24)46(32)34)25-16-26-33(18-31(25)44(3)51(4,48)49)50-37(35(26)38(47)41-2)22-8-10-23(39)11-9-22/h5-13,16-18,21H,14-15,19-20H2,1-4H3,(H,41,47)/t21-/m0/s1. The molecule has 0 bridgehead atoms. The minimum absolute atomic E-state index is 0.202. The van der Waals surface area contributed by atoms with Crippen molar-refractivity contribution in [3.05, 3.63) is 95.8 Å². The quantitative estimate of drug-likeness (QED) is 0.190. The molecule has 1 aliphatic rings. The summed E-state index contributed by atoms with van der Waals surface area (Å²) in [4.78, 5) is 25.8. The van der Waals surface area contributed by atoms with Crippen LogP contribution >= 0.6 is 0 Å². The topological polar surface area (TPSA) is 113 Å². The van der Waals surface area contributed by atoms with Gasteiger partial charge in [-0.05, 0) is 79.5 Å². The average molecular weight is 709 g/mol. The summed E-state index contributed by atoms with van der Waals surface area (Å²) in [5.74, 6) is 0.297. The van der Waals surface area contributed by atoms with Gasteiger partial charge in [-0.3, -0.25) is 18.4 Å². The first kappa shape index (κ1) is 32.8. The molecule has 1 amide bonds. The number of halogens is 2. The Morgan fingerprint density at radius 1 is 1.02 bits per heavy atom. The molecule has 1 fully saturated rings. The number of carbonyl (C=O) groups excluding carboxylic acids is 1. The first-order valence-corrected chi connectivity index (χ1v) is 18.4. The number of pyridine rings is 1.